The molecule has 32 heavy (non-hydrogen) atoms. The van der Waals surface area contributed by atoms with Crippen LogP contribution in [-0.4, -0.2) is 55.7 Å². The Kier molecular flexibility index (Phi) is 6.81. The highest BCUT2D eigenvalue weighted by molar-refractivity contribution is 7.10. The molecule has 0 bridgehead atoms. The Morgan fingerprint density at radius 2 is 2.09 bits per heavy atom. The van der Waals surface area contributed by atoms with Crippen LogP contribution in [0.2, 0.25) is 0 Å². The molecule has 0 saturated carbocycles. The van der Waals surface area contributed by atoms with Crippen LogP contribution in [-0.2, 0) is 9.53 Å². The number of nitrogens with one attached hydrogen (secondary N) is 2. The van der Waals surface area contributed by atoms with Gasteiger partial charge in [0.05, 0.1) is 18.2 Å². The smallest absolute Gasteiger partial charge is 0.338 e. The number of amides is 2. The Bertz CT molecular complexity index is 1000. The lowest BCUT2D eigenvalue weighted by Gasteiger charge is -2.42. The van der Waals surface area contributed by atoms with Crippen LogP contribution in [0.25, 0.3) is 0 Å². The fourth-order valence-electron chi connectivity index (χ4n) is 4.45. The highest BCUT2D eigenvalue weighted by Gasteiger charge is 2.35. The quantitative estimate of drug-likeness (QED) is 0.654. The van der Waals surface area contributed by atoms with E-state index in [1.165, 1.54) is 22.6 Å². The maximum absolute atomic E-state index is 12.9. The summed E-state index contributed by atoms with van der Waals surface area (Å²) in [5.41, 5.74) is 3.60. The standard InChI is InChI=1S/C24H30N4O3S/c1-4-31-23(29)21-19(25-24(30)26-22(21)20-9-6-12-32-20)15-27-10-11-28(17(3)14-27)18-8-5-7-16(2)13-18/h5-9,12-13,17,22H,4,10-11,14-15H2,1-3H3,(H2,25,26,30). The fourth-order valence-corrected chi connectivity index (χ4v) is 5.24. The minimum atomic E-state index is -0.496. The third kappa shape index (κ3) is 4.81. The zero-order valence-electron chi connectivity index (χ0n) is 18.8. The Balaban J connectivity index is 1.56. The van der Waals surface area contributed by atoms with E-state index in [2.05, 4.69) is 58.5 Å². The van der Waals surface area contributed by atoms with Crippen molar-refractivity contribution in [2.24, 2.45) is 0 Å². The van der Waals surface area contributed by atoms with Gasteiger partial charge in [0, 0.05) is 48.5 Å². The minimum Gasteiger partial charge on any atom is -0.463 e. The number of carbonyl (C=O) groups excluding carboxylic acids is 2. The molecule has 1 saturated heterocycles. The topological polar surface area (TPSA) is 73.9 Å². The van der Waals surface area contributed by atoms with Gasteiger partial charge < -0.3 is 20.3 Å². The van der Waals surface area contributed by atoms with Gasteiger partial charge in [0.15, 0.2) is 0 Å². The Morgan fingerprint density at radius 3 is 2.78 bits per heavy atom. The molecule has 0 radical (unpaired) electrons. The third-order valence-corrected chi connectivity index (χ3v) is 6.84. The number of aryl methyl sites for hydroxylation is 1. The van der Waals surface area contributed by atoms with Gasteiger partial charge in [-0.1, -0.05) is 18.2 Å². The van der Waals surface area contributed by atoms with E-state index >= 15 is 0 Å². The Hall–Kier alpha value is -2.84. The van der Waals surface area contributed by atoms with Gasteiger partial charge in [-0.2, -0.15) is 0 Å². The van der Waals surface area contributed by atoms with Crippen molar-refractivity contribution in [3.63, 3.8) is 0 Å². The predicted molar refractivity (Wildman–Crippen MR) is 127 cm³/mol. The van der Waals surface area contributed by atoms with Gasteiger partial charge in [-0.25, -0.2) is 9.59 Å². The van der Waals surface area contributed by atoms with Crippen LogP contribution in [0, 0.1) is 6.92 Å². The van der Waals surface area contributed by atoms with Crippen molar-refractivity contribution in [2.75, 3.05) is 37.7 Å². The molecule has 170 valence electrons. The van der Waals surface area contributed by atoms with Crippen LogP contribution in [0.1, 0.15) is 30.3 Å². The SMILES string of the molecule is CCOC(=O)C1=C(CN2CCN(c3cccc(C)c3)C(C)C2)NC(=O)NC1c1cccs1. The van der Waals surface area contributed by atoms with Gasteiger partial charge >= 0.3 is 12.0 Å². The number of urea groups is 1. The van der Waals surface area contributed by atoms with E-state index in [1.54, 1.807) is 6.92 Å². The Labute approximate surface area is 193 Å². The number of nitrogens with zero attached hydrogens (tertiary/aromatic N) is 2. The largest absolute Gasteiger partial charge is 0.463 e. The molecule has 0 spiro atoms. The molecule has 1 aromatic heterocycles. The van der Waals surface area contributed by atoms with Crippen molar-refractivity contribution in [2.45, 2.75) is 32.9 Å². The molecule has 2 aromatic rings. The lowest BCUT2D eigenvalue weighted by molar-refractivity contribution is -0.139. The Morgan fingerprint density at radius 1 is 1.25 bits per heavy atom. The molecule has 2 aliphatic heterocycles. The van der Waals surface area contributed by atoms with E-state index in [4.69, 9.17) is 4.74 Å². The number of esters is 1. The normalized spacial score (nSPS) is 21.8. The first-order valence-electron chi connectivity index (χ1n) is 11.0. The van der Waals surface area contributed by atoms with Gasteiger partial charge in [0.25, 0.3) is 0 Å². The average molecular weight is 455 g/mol. The second kappa shape index (κ2) is 9.75. The summed E-state index contributed by atoms with van der Waals surface area (Å²) in [5, 5.41) is 7.72. The molecule has 1 fully saturated rings. The summed E-state index contributed by atoms with van der Waals surface area (Å²) in [6.45, 7) is 9.45. The summed E-state index contributed by atoms with van der Waals surface area (Å²) in [6, 6.07) is 11.9. The first-order valence-corrected chi connectivity index (χ1v) is 11.9. The van der Waals surface area contributed by atoms with Crippen molar-refractivity contribution in [3.8, 4) is 0 Å². The molecule has 2 atom stereocenters. The number of hydrogen-bond donors (Lipinski definition) is 2. The van der Waals surface area contributed by atoms with Crippen LogP contribution < -0.4 is 15.5 Å². The van der Waals surface area contributed by atoms with Gasteiger partial charge in [-0.05, 0) is 49.9 Å². The van der Waals surface area contributed by atoms with Gasteiger partial charge in [-0.15, -0.1) is 11.3 Å². The van der Waals surface area contributed by atoms with E-state index in [0.29, 0.717) is 23.9 Å². The van der Waals surface area contributed by atoms with Gasteiger partial charge in [-0.3, -0.25) is 4.90 Å². The molecule has 2 aliphatic rings. The van der Waals surface area contributed by atoms with Crippen molar-refractivity contribution in [1.29, 1.82) is 0 Å². The van der Waals surface area contributed by atoms with Crippen molar-refractivity contribution in [3.05, 3.63) is 63.5 Å². The van der Waals surface area contributed by atoms with Crippen LogP contribution in [0.3, 0.4) is 0 Å². The molecule has 3 heterocycles. The number of thiophene rings is 1. The molecule has 2 unspecified atom stereocenters. The second-order valence-corrected chi connectivity index (χ2v) is 9.26. The van der Waals surface area contributed by atoms with E-state index in [1.807, 2.05) is 17.5 Å². The van der Waals surface area contributed by atoms with Crippen LogP contribution in [0.4, 0.5) is 10.5 Å². The summed E-state index contributed by atoms with van der Waals surface area (Å²) >= 11 is 1.51. The number of anilines is 1. The lowest BCUT2D eigenvalue weighted by Crippen LogP contribution is -2.54. The number of piperazine rings is 1. The molecule has 7 nitrogen and oxygen atoms in total. The summed E-state index contributed by atoms with van der Waals surface area (Å²) in [7, 11) is 0. The van der Waals surface area contributed by atoms with Gasteiger partial charge in [0.2, 0.25) is 0 Å². The van der Waals surface area contributed by atoms with E-state index in [-0.39, 0.29) is 18.6 Å². The summed E-state index contributed by atoms with van der Waals surface area (Å²) < 4.78 is 5.36. The zero-order chi connectivity index (χ0) is 22.7. The summed E-state index contributed by atoms with van der Waals surface area (Å²) in [6.07, 6.45) is 0. The highest BCUT2D eigenvalue weighted by atomic mass is 32.1. The fraction of sp³-hybridized carbons (Fsp3) is 0.417. The number of ether oxygens (including phenoxy) is 1. The van der Waals surface area contributed by atoms with E-state index in [9.17, 15) is 9.59 Å². The molecule has 1 aromatic carbocycles. The van der Waals surface area contributed by atoms with Crippen molar-refractivity contribution >= 4 is 29.0 Å². The van der Waals surface area contributed by atoms with E-state index in [0.717, 1.165) is 24.5 Å². The molecule has 8 heteroatoms. The summed E-state index contributed by atoms with van der Waals surface area (Å²) in [5.74, 6) is -0.389. The molecule has 4 rings (SSSR count). The molecule has 2 amide bonds. The van der Waals surface area contributed by atoms with E-state index < -0.39 is 6.04 Å². The lowest BCUT2D eigenvalue weighted by atomic mass is 10.00. The summed E-state index contributed by atoms with van der Waals surface area (Å²) in [4.78, 5) is 31.0. The monoisotopic (exact) mass is 454 g/mol. The van der Waals surface area contributed by atoms with Crippen molar-refractivity contribution < 1.29 is 14.3 Å². The molecular weight excluding hydrogens is 424 g/mol. The highest BCUT2D eigenvalue weighted by Crippen LogP contribution is 2.31. The molecule has 2 N–H and O–H groups in total. The van der Waals surface area contributed by atoms with Crippen LogP contribution in [0.15, 0.2) is 53.0 Å². The molecular formula is C24H30N4O3S. The average Bonchev–Trinajstić information content (AvgIpc) is 3.28. The molecule has 0 aliphatic carbocycles. The maximum atomic E-state index is 12.9. The van der Waals surface area contributed by atoms with Crippen LogP contribution >= 0.6 is 11.3 Å². The van der Waals surface area contributed by atoms with Gasteiger partial charge in [0.1, 0.15) is 0 Å². The second-order valence-electron chi connectivity index (χ2n) is 8.28. The number of hydrogen-bond acceptors (Lipinski definition) is 6. The van der Waals surface area contributed by atoms with Crippen molar-refractivity contribution in [1.82, 2.24) is 15.5 Å². The number of carbonyl (C=O) groups is 2. The zero-order valence-corrected chi connectivity index (χ0v) is 19.6. The first kappa shape index (κ1) is 22.4. The van der Waals surface area contributed by atoms with Crippen LogP contribution in [0.5, 0.6) is 0 Å². The predicted octanol–water partition coefficient (Wildman–Crippen LogP) is 3.44. The minimum absolute atomic E-state index is 0.285. The first-order chi connectivity index (χ1) is 15.5. The number of rotatable bonds is 6. The number of benzene rings is 1. The maximum Gasteiger partial charge on any atom is 0.338 e. The third-order valence-electron chi connectivity index (χ3n) is 5.90.